The number of hydrogen-bond donors (Lipinski definition) is 3. The van der Waals surface area contributed by atoms with Gasteiger partial charge in [0.1, 0.15) is 17.2 Å². The molecule has 1 aromatic rings. The second kappa shape index (κ2) is 8.05. The van der Waals surface area contributed by atoms with Gasteiger partial charge in [0.25, 0.3) is 0 Å². The van der Waals surface area contributed by atoms with Crippen LogP contribution in [0.15, 0.2) is 18.2 Å². The van der Waals surface area contributed by atoms with Crippen LogP contribution in [0.4, 0.5) is 13.6 Å². The molecule has 0 fully saturated rings. The topological polar surface area (TPSA) is 70.6 Å². The fourth-order valence-corrected chi connectivity index (χ4v) is 1.92. The molecule has 0 spiro atoms. The summed E-state index contributed by atoms with van der Waals surface area (Å²) in [6, 6.07) is 2.32. The highest BCUT2D eigenvalue weighted by Gasteiger charge is 2.27. The monoisotopic (exact) mass is 316 g/mol. The van der Waals surface area contributed by atoms with Crippen molar-refractivity contribution in [2.24, 2.45) is 0 Å². The maximum absolute atomic E-state index is 13.7. The van der Waals surface area contributed by atoms with E-state index in [-0.39, 0.29) is 18.2 Å². The second-order valence-corrected chi connectivity index (χ2v) is 5.41. The number of ether oxygens (including phenoxy) is 1. The summed E-state index contributed by atoms with van der Waals surface area (Å²) in [5, 5.41) is 15.4. The molecule has 0 radical (unpaired) electrons. The van der Waals surface area contributed by atoms with Crippen LogP contribution in [0.3, 0.4) is 0 Å². The van der Waals surface area contributed by atoms with Gasteiger partial charge in [0.2, 0.25) is 0 Å². The number of halogens is 2. The number of aliphatic hydroxyl groups is 1. The first-order valence-electron chi connectivity index (χ1n) is 6.97. The van der Waals surface area contributed by atoms with E-state index in [0.717, 1.165) is 12.1 Å². The zero-order chi connectivity index (χ0) is 16.8. The molecule has 1 aromatic carbocycles. The van der Waals surface area contributed by atoms with Gasteiger partial charge in [-0.15, -0.1) is 0 Å². The number of amides is 2. The third-order valence-electron chi connectivity index (χ3n) is 3.24. The number of carbonyl (C=O) groups is 1. The molecular formula is C15H22F2N2O3. The molecule has 0 unspecified atom stereocenters. The van der Waals surface area contributed by atoms with Crippen LogP contribution >= 0.6 is 0 Å². The Kier molecular flexibility index (Phi) is 6.70. The van der Waals surface area contributed by atoms with E-state index in [1.807, 2.05) is 6.92 Å². The first kappa shape index (κ1) is 18.3. The molecule has 0 aromatic heterocycles. The van der Waals surface area contributed by atoms with Crippen molar-refractivity contribution in [1.29, 1.82) is 0 Å². The van der Waals surface area contributed by atoms with E-state index >= 15 is 0 Å². The Bertz CT molecular complexity index is 510. The average molecular weight is 316 g/mol. The Hall–Kier alpha value is -1.73. The molecular weight excluding hydrogens is 294 g/mol. The predicted molar refractivity (Wildman–Crippen MR) is 78.4 cm³/mol. The van der Waals surface area contributed by atoms with E-state index in [1.165, 1.54) is 6.92 Å². The Morgan fingerprint density at radius 2 is 2.14 bits per heavy atom. The average Bonchev–Trinajstić information content (AvgIpc) is 2.42. The minimum atomic E-state index is -1.65. The summed E-state index contributed by atoms with van der Waals surface area (Å²) >= 11 is 0. The lowest BCUT2D eigenvalue weighted by atomic mass is 9.95. The number of carbonyl (C=O) groups excluding carboxylic acids is 1. The van der Waals surface area contributed by atoms with Gasteiger partial charge >= 0.3 is 6.03 Å². The highest BCUT2D eigenvalue weighted by atomic mass is 19.1. The van der Waals surface area contributed by atoms with Crippen molar-refractivity contribution in [1.82, 2.24) is 10.6 Å². The third-order valence-corrected chi connectivity index (χ3v) is 3.24. The maximum atomic E-state index is 13.7. The van der Waals surface area contributed by atoms with Crippen molar-refractivity contribution in [3.63, 3.8) is 0 Å². The lowest BCUT2D eigenvalue weighted by Gasteiger charge is -2.25. The number of benzene rings is 1. The Balaban J connectivity index is 2.56. The van der Waals surface area contributed by atoms with Gasteiger partial charge < -0.3 is 20.5 Å². The highest BCUT2D eigenvalue weighted by molar-refractivity contribution is 5.74. The first-order chi connectivity index (χ1) is 10.3. The standard InChI is InChI=1S/C15H22F2N2O3/c1-10(6-7-22-3)19-14(20)18-9-15(2,21)12-5-4-11(16)8-13(12)17/h4-5,8,10,21H,6-7,9H2,1-3H3,(H2,18,19,20)/t10-,15-/m0/s1. The lowest BCUT2D eigenvalue weighted by Crippen LogP contribution is -2.46. The summed E-state index contributed by atoms with van der Waals surface area (Å²) in [5.74, 6) is -1.59. The van der Waals surface area contributed by atoms with Crippen molar-refractivity contribution in [3.8, 4) is 0 Å². The van der Waals surface area contributed by atoms with Crippen molar-refractivity contribution in [2.45, 2.75) is 31.9 Å². The van der Waals surface area contributed by atoms with Gasteiger partial charge in [0, 0.05) is 31.4 Å². The van der Waals surface area contributed by atoms with Crippen molar-refractivity contribution in [2.75, 3.05) is 20.3 Å². The fourth-order valence-electron chi connectivity index (χ4n) is 1.92. The van der Waals surface area contributed by atoms with Crippen molar-refractivity contribution in [3.05, 3.63) is 35.4 Å². The highest BCUT2D eigenvalue weighted by Crippen LogP contribution is 2.23. The molecule has 2 amide bonds. The van der Waals surface area contributed by atoms with Gasteiger partial charge in [-0.25, -0.2) is 13.6 Å². The van der Waals surface area contributed by atoms with E-state index in [4.69, 9.17) is 4.74 Å². The number of rotatable bonds is 7. The smallest absolute Gasteiger partial charge is 0.315 e. The van der Waals surface area contributed by atoms with E-state index < -0.39 is 23.3 Å². The molecule has 0 saturated carbocycles. The second-order valence-electron chi connectivity index (χ2n) is 5.41. The quantitative estimate of drug-likeness (QED) is 0.719. The Morgan fingerprint density at radius 3 is 2.73 bits per heavy atom. The molecule has 0 aliphatic rings. The van der Waals surface area contributed by atoms with Crippen LogP contribution in [-0.2, 0) is 10.3 Å². The van der Waals surface area contributed by atoms with Gasteiger partial charge in [0.05, 0.1) is 6.54 Å². The summed E-state index contributed by atoms with van der Waals surface area (Å²) in [4.78, 5) is 11.7. The molecule has 124 valence electrons. The number of urea groups is 1. The van der Waals surface area contributed by atoms with Crippen molar-refractivity contribution >= 4 is 6.03 Å². The Labute approximate surface area is 128 Å². The zero-order valence-corrected chi connectivity index (χ0v) is 13.0. The first-order valence-corrected chi connectivity index (χ1v) is 6.97. The van der Waals surface area contributed by atoms with Crippen LogP contribution in [0.2, 0.25) is 0 Å². The Morgan fingerprint density at radius 1 is 1.45 bits per heavy atom. The number of hydrogen-bond acceptors (Lipinski definition) is 3. The molecule has 0 saturated heterocycles. The SMILES string of the molecule is COCC[C@H](C)NC(=O)NC[C@](C)(O)c1ccc(F)cc1F. The lowest BCUT2D eigenvalue weighted by molar-refractivity contribution is 0.0553. The summed E-state index contributed by atoms with van der Waals surface area (Å²) in [6.07, 6.45) is 0.646. The molecule has 7 heteroatoms. The van der Waals surface area contributed by atoms with E-state index in [2.05, 4.69) is 10.6 Å². The van der Waals surface area contributed by atoms with Gasteiger partial charge in [-0.1, -0.05) is 6.07 Å². The van der Waals surface area contributed by atoms with Crippen LogP contribution in [0, 0.1) is 11.6 Å². The molecule has 0 aliphatic carbocycles. The van der Waals surface area contributed by atoms with Crippen LogP contribution in [0.25, 0.3) is 0 Å². The van der Waals surface area contributed by atoms with Gasteiger partial charge in [-0.3, -0.25) is 0 Å². The predicted octanol–water partition coefficient (Wildman–Crippen LogP) is 1.90. The minimum absolute atomic E-state index is 0.0818. The van der Waals surface area contributed by atoms with Crippen LogP contribution in [-0.4, -0.2) is 37.4 Å². The fraction of sp³-hybridized carbons (Fsp3) is 0.533. The summed E-state index contributed by atoms with van der Waals surface area (Å²) in [7, 11) is 1.57. The molecule has 0 aliphatic heterocycles. The van der Waals surface area contributed by atoms with Crippen molar-refractivity contribution < 1.29 is 23.4 Å². The number of nitrogens with one attached hydrogen (secondary N) is 2. The summed E-state index contributed by atoms with van der Waals surface area (Å²) in [5.41, 5.74) is -1.73. The van der Waals surface area contributed by atoms with Gasteiger partial charge in [-0.2, -0.15) is 0 Å². The molecule has 3 N–H and O–H groups in total. The largest absolute Gasteiger partial charge is 0.385 e. The third kappa shape index (κ3) is 5.57. The summed E-state index contributed by atoms with van der Waals surface area (Å²) in [6.45, 7) is 3.46. The molecule has 22 heavy (non-hydrogen) atoms. The molecule has 0 bridgehead atoms. The van der Waals surface area contributed by atoms with E-state index in [9.17, 15) is 18.7 Å². The van der Waals surface area contributed by atoms with E-state index in [1.54, 1.807) is 7.11 Å². The van der Waals surface area contributed by atoms with Crippen LogP contribution < -0.4 is 10.6 Å². The summed E-state index contributed by atoms with van der Waals surface area (Å²) < 4.78 is 31.5. The zero-order valence-electron chi connectivity index (χ0n) is 13.0. The van der Waals surface area contributed by atoms with E-state index in [0.29, 0.717) is 19.1 Å². The van der Waals surface area contributed by atoms with Crippen LogP contribution in [0.5, 0.6) is 0 Å². The van der Waals surface area contributed by atoms with Gasteiger partial charge in [0.15, 0.2) is 0 Å². The number of methoxy groups -OCH3 is 1. The maximum Gasteiger partial charge on any atom is 0.315 e. The van der Waals surface area contributed by atoms with Crippen LogP contribution in [0.1, 0.15) is 25.8 Å². The molecule has 5 nitrogen and oxygen atoms in total. The normalized spacial score (nSPS) is 15.0. The minimum Gasteiger partial charge on any atom is -0.385 e. The molecule has 1 rings (SSSR count). The van der Waals surface area contributed by atoms with Gasteiger partial charge in [-0.05, 0) is 26.3 Å². The molecule has 0 heterocycles. The molecule has 2 atom stereocenters.